The lowest BCUT2D eigenvalue weighted by atomic mass is 10.1. The van der Waals surface area contributed by atoms with E-state index in [1.807, 2.05) is 43.6 Å². The maximum absolute atomic E-state index is 4.65. The molecule has 0 aliphatic carbocycles. The summed E-state index contributed by atoms with van der Waals surface area (Å²) in [5.41, 5.74) is 5.17. The van der Waals surface area contributed by atoms with Crippen LogP contribution in [0.25, 0.3) is 27.6 Å². The van der Waals surface area contributed by atoms with Crippen LogP contribution in [0.1, 0.15) is 5.69 Å². The number of hydrogen-bond acceptors (Lipinski definition) is 2. The molecular weight excluding hydrogens is 326 g/mol. The van der Waals surface area contributed by atoms with E-state index in [0.717, 1.165) is 37.8 Å². The zero-order chi connectivity index (χ0) is 14.4. The quantitative estimate of drug-likeness (QED) is 0.506. The molecule has 0 fully saturated rings. The lowest BCUT2D eigenvalue weighted by Crippen LogP contribution is -1.97. The van der Waals surface area contributed by atoms with E-state index in [-0.39, 0.29) is 0 Å². The molecule has 0 aliphatic rings. The zero-order valence-electron chi connectivity index (χ0n) is 11.4. The minimum Gasteiger partial charge on any atom is -0.298 e. The molecule has 102 valence electrons. The molecule has 2 aromatic heterocycles. The maximum Gasteiger partial charge on any atom is 0.100 e. The molecular formula is C17H12BrN3. The highest BCUT2D eigenvalue weighted by atomic mass is 79.9. The first-order chi connectivity index (χ1) is 10.2. The molecule has 0 atom stereocenters. The summed E-state index contributed by atoms with van der Waals surface area (Å²) in [6, 6.07) is 16.4. The fourth-order valence-corrected chi connectivity index (χ4v) is 3.13. The van der Waals surface area contributed by atoms with E-state index in [1.165, 1.54) is 0 Å². The average Bonchev–Trinajstić information content (AvgIpc) is 2.91. The minimum absolute atomic E-state index is 0.977. The molecule has 0 amide bonds. The van der Waals surface area contributed by atoms with Gasteiger partial charge in [0.15, 0.2) is 0 Å². The molecule has 0 unspecified atom stereocenters. The van der Waals surface area contributed by atoms with Crippen molar-refractivity contribution in [1.29, 1.82) is 0 Å². The van der Waals surface area contributed by atoms with Gasteiger partial charge in [-0.05, 0) is 47.1 Å². The first-order valence-corrected chi connectivity index (χ1v) is 7.52. The Kier molecular flexibility index (Phi) is 2.79. The SMILES string of the molecule is Cc1cc(-n2cnc3ccccc32)c2cccc(Br)c2n1. The van der Waals surface area contributed by atoms with Gasteiger partial charge < -0.3 is 0 Å². The van der Waals surface area contributed by atoms with Gasteiger partial charge in [0.2, 0.25) is 0 Å². The first-order valence-electron chi connectivity index (χ1n) is 6.72. The summed E-state index contributed by atoms with van der Waals surface area (Å²) < 4.78 is 3.13. The molecule has 0 bridgehead atoms. The zero-order valence-corrected chi connectivity index (χ0v) is 13.0. The van der Waals surface area contributed by atoms with E-state index >= 15 is 0 Å². The highest BCUT2D eigenvalue weighted by Crippen LogP contribution is 2.29. The summed E-state index contributed by atoms with van der Waals surface area (Å²) in [4.78, 5) is 9.13. The smallest absolute Gasteiger partial charge is 0.100 e. The third-order valence-electron chi connectivity index (χ3n) is 3.61. The highest BCUT2D eigenvalue weighted by molar-refractivity contribution is 9.10. The molecule has 4 heteroatoms. The Morgan fingerprint density at radius 3 is 2.81 bits per heavy atom. The lowest BCUT2D eigenvalue weighted by molar-refractivity contribution is 1.09. The van der Waals surface area contributed by atoms with Gasteiger partial charge in [0.1, 0.15) is 6.33 Å². The average molecular weight is 338 g/mol. The Morgan fingerprint density at radius 2 is 1.90 bits per heavy atom. The number of para-hydroxylation sites is 3. The third-order valence-corrected chi connectivity index (χ3v) is 4.25. The Balaban J connectivity index is 2.13. The maximum atomic E-state index is 4.65. The van der Waals surface area contributed by atoms with E-state index in [0.29, 0.717) is 0 Å². The number of halogens is 1. The molecule has 4 rings (SSSR count). The van der Waals surface area contributed by atoms with E-state index in [4.69, 9.17) is 0 Å². The second-order valence-corrected chi connectivity index (χ2v) is 5.88. The van der Waals surface area contributed by atoms with Crippen LogP contribution in [0.2, 0.25) is 0 Å². The Labute approximate surface area is 130 Å². The standard InChI is InChI=1S/C17H12BrN3/c1-11-9-16(12-5-4-6-13(18)17(12)20-11)21-10-19-14-7-2-3-8-15(14)21/h2-10H,1H3. The van der Waals surface area contributed by atoms with Gasteiger partial charge in [-0.3, -0.25) is 9.55 Å². The monoisotopic (exact) mass is 337 g/mol. The molecule has 21 heavy (non-hydrogen) atoms. The summed E-state index contributed by atoms with van der Waals surface area (Å²) in [6.07, 6.45) is 1.87. The normalized spacial score (nSPS) is 11.3. The van der Waals surface area contributed by atoms with Crippen LogP contribution in [0.5, 0.6) is 0 Å². The molecule has 3 nitrogen and oxygen atoms in total. The largest absolute Gasteiger partial charge is 0.298 e. The Morgan fingerprint density at radius 1 is 1.05 bits per heavy atom. The van der Waals surface area contributed by atoms with Gasteiger partial charge in [0.25, 0.3) is 0 Å². The number of benzene rings is 2. The van der Waals surface area contributed by atoms with E-state index in [9.17, 15) is 0 Å². The van der Waals surface area contributed by atoms with Crippen LogP contribution in [0.15, 0.2) is 59.3 Å². The molecule has 0 saturated carbocycles. The summed E-state index contributed by atoms with van der Waals surface area (Å²) >= 11 is 3.59. The Hall–Kier alpha value is -2.20. The fraction of sp³-hybridized carbons (Fsp3) is 0.0588. The highest BCUT2D eigenvalue weighted by Gasteiger charge is 2.10. The van der Waals surface area contributed by atoms with Crippen molar-refractivity contribution in [2.45, 2.75) is 6.92 Å². The van der Waals surface area contributed by atoms with Crippen molar-refractivity contribution in [3.63, 3.8) is 0 Å². The molecule has 0 radical (unpaired) electrons. The van der Waals surface area contributed by atoms with Crippen molar-refractivity contribution < 1.29 is 0 Å². The topological polar surface area (TPSA) is 30.7 Å². The third kappa shape index (κ3) is 1.94. The summed E-state index contributed by atoms with van der Waals surface area (Å²) in [7, 11) is 0. The van der Waals surface area contributed by atoms with Gasteiger partial charge in [0.05, 0.1) is 22.2 Å². The van der Waals surface area contributed by atoms with E-state index in [1.54, 1.807) is 0 Å². The van der Waals surface area contributed by atoms with Crippen molar-refractivity contribution in [3.05, 3.63) is 65.0 Å². The molecule has 2 aromatic carbocycles. The van der Waals surface area contributed by atoms with Crippen molar-refractivity contribution in [2.75, 3.05) is 0 Å². The van der Waals surface area contributed by atoms with E-state index in [2.05, 4.69) is 48.7 Å². The van der Waals surface area contributed by atoms with Crippen LogP contribution < -0.4 is 0 Å². The van der Waals surface area contributed by atoms with Crippen LogP contribution >= 0.6 is 15.9 Å². The minimum atomic E-state index is 0.977. The van der Waals surface area contributed by atoms with Crippen LogP contribution in [0, 0.1) is 6.92 Å². The van der Waals surface area contributed by atoms with Crippen LogP contribution in [0.3, 0.4) is 0 Å². The molecule has 0 aliphatic heterocycles. The number of aromatic nitrogens is 3. The van der Waals surface area contributed by atoms with Crippen molar-refractivity contribution in [2.24, 2.45) is 0 Å². The molecule has 2 heterocycles. The Bertz CT molecular complexity index is 972. The van der Waals surface area contributed by atoms with Gasteiger partial charge >= 0.3 is 0 Å². The number of pyridine rings is 1. The predicted molar refractivity (Wildman–Crippen MR) is 88.8 cm³/mol. The van der Waals surface area contributed by atoms with Crippen LogP contribution in [-0.4, -0.2) is 14.5 Å². The van der Waals surface area contributed by atoms with Gasteiger partial charge in [0, 0.05) is 15.6 Å². The summed E-state index contributed by atoms with van der Waals surface area (Å²) in [5, 5.41) is 1.11. The predicted octanol–water partition coefficient (Wildman–Crippen LogP) is 4.64. The van der Waals surface area contributed by atoms with Crippen LogP contribution in [0.4, 0.5) is 0 Å². The second-order valence-electron chi connectivity index (χ2n) is 5.02. The number of rotatable bonds is 1. The van der Waals surface area contributed by atoms with Gasteiger partial charge in [-0.15, -0.1) is 0 Å². The van der Waals surface area contributed by atoms with Crippen molar-refractivity contribution >= 4 is 37.9 Å². The lowest BCUT2D eigenvalue weighted by Gasteiger charge is -2.10. The van der Waals surface area contributed by atoms with E-state index < -0.39 is 0 Å². The second kappa shape index (κ2) is 4.67. The van der Waals surface area contributed by atoms with Gasteiger partial charge in [-0.1, -0.05) is 24.3 Å². The van der Waals surface area contributed by atoms with Gasteiger partial charge in [-0.25, -0.2) is 4.98 Å². The number of nitrogens with zero attached hydrogens (tertiary/aromatic N) is 3. The number of imidazole rings is 1. The first kappa shape index (κ1) is 12.5. The number of fused-ring (bicyclic) bond motifs is 2. The molecule has 0 spiro atoms. The van der Waals surface area contributed by atoms with Crippen LogP contribution in [-0.2, 0) is 0 Å². The van der Waals surface area contributed by atoms with Crippen molar-refractivity contribution in [3.8, 4) is 5.69 Å². The molecule has 4 aromatic rings. The molecule has 0 saturated heterocycles. The summed E-state index contributed by atoms with van der Waals surface area (Å²) in [6.45, 7) is 2.02. The summed E-state index contributed by atoms with van der Waals surface area (Å²) in [5.74, 6) is 0. The number of hydrogen-bond donors (Lipinski definition) is 0. The van der Waals surface area contributed by atoms with Crippen molar-refractivity contribution in [1.82, 2.24) is 14.5 Å². The fourth-order valence-electron chi connectivity index (χ4n) is 2.67. The molecule has 0 N–H and O–H groups in total. The number of aryl methyl sites for hydroxylation is 1. The van der Waals surface area contributed by atoms with Gasteiger partial charge in [-0.2, -0.15) is 0 Å².